The summed E-state index contributed by atoms with van der Waals surface area (Å²) in [6.45, 7) is 6.96. The standard InChI is InChI=1S/C13H23NO/c1-3-13(2)7-9-14(10-8-13)11-5-4-6-12(11)15/h11H,3-10H2,1-2H3. The second-order valence-electron chi connectivity index (χ2n) is 5.57. The highest BCUT2D eigenvalue weighted by molar-refractivity contribution is 5.85. The van der Waals surface area contributed by atoms with Crippen molar-refractivity contribution in [2.24, 2.45) is 5.41 Å². The van der Waals surface area contributed by atoms with Crippen LogP contribution in [-0.4, -0.2) is 29.8 Å². The van der Waals surface area contributed by atoms with Crippen molar-refractivity contribution in [3.05, 3.63) is 0 Å². The normalized spacial score (nSPS) is 32.1. The molecule has 0 aromatic carbocycles. The van der Waals surface area contributed by atoms with E-state index < -0.39 is 0 Å². The third-order valence-corrected chi connectivity index (χ3v) is 4.57. The fourth-order valence-corrected chi connectivity index (χ4v) is 2.91. The first-order valence-electron chi connectivity index (χ1n) is 6.41. The second kappa shape index (κ2) is 4.25. The topological polar surface area (TPSA) is 20.3 Å². The van der Waals surface area contributed by atoms with Gasteiger partial charge in [0.2, 0.25) is 0 Å². The first kappa shape index (κ1) is 11.1. The molecule has 1 unspecified atom stereocenters. The van der Waals surface area contributed by atoms with Crippen LogP contribution in [0.2, 0.25) is 0 Å². The van der Waals surface area contributed by atoms with Crippen LogP contribution < -0.4 is 0 Å². The van der Waals surface area contributed by atoms with Crippen LogP contribution in [0.25, 0.3) is 0 Å². The zero-order valence-electron chi connectivity index (χ0n) is 10.1. The van der Waals surface area contributed by atoms with Gasteiger partial charge in [-0.2, -0.15) is 0 Å². The van der Waals surface area contributed by atoms with Gasteiger partial charge in [-0.1, -0.05) is 20.3 Å². The van der Waals surface area contributed by atoms with E-state index in [-0.39, 0.29) is 6.04 Å². The quantitative estimate of drug-likeness (QED) is 0.697. The molecule has 0 radical (unpaired) electrons. The van der Waals surface area contributed by atoms with Gasteiger partial charge in [-0.3, -0.25) is 9.69 Å². The van der Waals surface area contributed by atoms with Crippen LogP contribution in [0, 0.1) is 5.41 Å². The van der Waals surface area contributed by atoms with Crippen molar-refractivity contribution in [1.29, 1.82) is 0 Å². The summed E-state index contributed by atoms with van der Waals surface area (Å²) in [6, 6.07) is 0.284. The average Bonchev–Trinajstić information content (AvgIpc) is 2.66. The molecule has 0 aromatic heterocycles. The average molecular weight is 209 g/mol. The van der Waals surface area contributed by atoms with Gasteiger partial charge in [-0.05, 0) is 44.2 Å². The van der Waals surface area contributed by atoms with E-state index in [1.807, 2.05) is 0 Å². The van der Waals surface area contributed by atoms with Gasteiger partial charge in [0.1, 0.15) is 5.78 Å². The summed E-state index contributed by atoms with van der Waals surface area (Å²) in [7, 11) is 0. The Balaban J connectivity index is 1.90. The molecule has 1 heterocycles. The van der Waals surface area contributed by atoms with Crippen molar-refractivity contribution in [3.8, 4) is 0 Å². The number of rotatable bonds is 2. The fourth-order valence-electron chi connectivity index (χ4n) is 2.91. The van der Waals surface area contributed by atoms with Crippen molar-refractivity contribution >= 4 is 5.78 Å². The van der Waals surface area contributed by atoms with Gasteiger partial charge in [0.25, 0.3) is 0 Å². The number of carbonyl (C=O) groups is 1. The van der Waals surface area contributed by atoms with E-state index in [2.05, 4.69) is 18.7 Å². The number of nitrogens with zero attached hydrogens (tertiary/aromatic N) is 1. The fraction of sp³-hybridized carbons (Fsp3) is 0.923. The van der Waals surface area contributed by atoms with E-state index in [0.29, 0.717) is 11.2 Å². The second-order valence-corrected chi connectivity index (χ2v) is 5.57. The summed E-state index contributed by atoms with van der Waals surface area (Å²) in [5.41, 5.74) is 0.540. The first-order valence-corrected chi connectivity index (χ1v) is 6.41. The van der Waals surface area contributed by atoms with Gasteiger partial charge in [0.15, 0.2) is 0 Å². The molecule has 0 aromatic rings. The minimum atomic E-state index is 0.284. The van der Waals surface area contributed by atoms with Crippen LogP contribution in [0.1, 0.15) is 52.4 Å². The van der Waals surface area contributed by atoms with Crippen molar-refractivity contribution in [2.75, 3.05) is 13.1 Å². The van der Waals surface area contributed by atoms with E-state index in [9.17, 15) is 4.79 Å². The lowest BCUT2D eigenvalue weighted by atomic mass is 9.78. The molecule has 0 amide bonds. The molecule has 15 heavy (non-hydrogen) atoms. The molecule has 2 rings (SSSR count). The Morgan fingerprint density at radius 2 is 2.07 bits per heavy atom. The Labute approximate surface area is 93.0 Å². The molecule has 2 fully saturated rings. The van der Waals surface area contributed by atoms with Crippen molar-refractivity contribution in [3.63, 3.8) is 0 Å². The first-order chi connectivity index (χ1) is 7.14. The molecule has 0 bridgehead atoms. The molecular formula is C13H23NO. The number of hydrogen-bond donors (Lipinski definition) is 0. The molecule has 0 spiro atoms. The largest absolute Gasteiger partial charge is 0.298 e. The summed E-state index contributed by atoms with van der Waals surface area (Å²) in [4.78, 5) is 14.1. The molecule has 0 N–H and O–H groups in total. The van der Waals surface area contributed by atoms with E-state index in [1.165, 1.54) is 19.3 Å². The Hall–Kier alpha value is -0.370. The van der Waals surface area contributed by atoms with Gasteiger partial charge in [-0.25, -0.2) is 0 Å². The summed E-state index contributed by atoms with van der Waals surface area (Å²) in [6.07, 6.45) is 6.87. The number of Topliss-reactive ketones (excluding diaryl/α,β-unsaturated/α-hetero) is 1. The molecule has 1 aliphatic heterocycles. The zero-order valence-corrected chi connectivity index (χ0v) is 10.1. The third-order valence-electron chi connectivity index (χ3n) is 4.57. The minimum Gasteiger partial charge on any atom is -0.298 e. The lowest BCUT2D eigenvalue weighted by molar-refractivity contribution is -0.122. The van der Waals surface area contributed by atoms with E-state index in [4.69, 9.17) is 0 Å². The maximum Gasteiger partial charge on any atom is 0.149 e. The summed E-state index contributed by atoms with van der Waals surface area (Å²) in [5.74, 6) is 0.495. The molecule has 1 atom stereocenters. The number of hydrogen-bond acceptors (Lipinski definition) is 2. The highest BCUT2D eigenvalue weighted by Crippen LogP contribution is 2.35. The molecular weight excluding hydrogens is 186 g/mol. The zero-order chi connectivity index (χ0) is 10.9. The number of piperidine rings is 1. The third kappa shape index (κ3) is 2.25. The van der Waals surface area contributed by atoms with E-state index in [1.54, 1.807) is 0 Å². The Kier molecular flexibility index (Phi) is 3.15. The van der Waals surface area contributed by atoms with Crippen LogP contribution in [0.15, 0.2) is 0 Å². The Bertz CT molecular complexity index is 241. The highest BCUT2D eigenvalue weighted by Gasteiger charge is 2.35. The molecule has 2 aliphatic rings. The number of ketones is 1. The molecule has 2 heteroatoms. The van der Waals surface area contributed by atoms with Gasteiger partial charge >= 0.3 is 0 Å². The van der Waals surface area contributed by atoms with Crippen molar-refractivity contribution in [1.82, 2.24) is 4.90 Å². The van der Waals surface area contributed by atoms with Crippen LogP contribution in [0.4, 0.5) is 0 Å². The maximum absolute atomic E-state index is 11.7. The van der Waals surface area contributed by atoms with Gasteiger partial charge in [-0.15, -0.1) is 0 Å². The van der Waals surface area contributed by atoms with Gasteiger partial charge in [0.05, 0.1) is 6.04 Å². The van der Waals surface area contributed by atoms with E-state index >= 15 is 0 Å². The Morgan fingerprint density at radius 1 is 1.40 bits per heavy atom. The number of likely N-dealkylation sites (tertiary alicyclic amines) is 1. The summed E-state index contributed by atoms with van der Waals surface area (Å²) >= 11 is 0. The van der Waals surface area contributed by atoms with Crippen molar-refractivity contribution in [2.45, 2.75) is 58.4 Å². The van der Waals surface area contributed by atoms with Crippen LogP contribution in [0.5, 0.6) is 0 Å². The summed E-state index contributed by atoms with van der Waals surface area (Å²) in [5, 5.41) is 0. The van der Waals surface area contributed by atoms with E-state index in [0.717, 1.165) is 32.4 Å². The molecule has 1 saturated carbocycles. The lowest BCUT2D eigenvalue weighted by Crippen LogP contribution is -2.45. The molecule has 2 nitrogen and oxygen atoms in total. The Morgan fingerprint density at radius 3 is 2.53 bits per heavy atom. The predicted molar refractivity (Wildman–Crippen MR) is 61.9 cm³/mol. The van der Waals surface area contributed by atoms with Gasteiger partial charge < -0.3 is 0 Å². The van der Waals surface area contributed by atoms with Crippen LogP contribution in [0.3, 0.4) is 0 Å². The minimum absolute atomic E-state index is 0.284. The van der Waals surface area contributed by atoms with Crippen molar-refractivity contribution < 1.29 is 4.79 Å². The molecule has 1 saturated heterocycles. The predicted octanol–water partition coefficient (Wildman–Crippen LogP) is 2.62. The maximum atomic E-state index is 11.7. The smallest absolute Gasteiger partial charge is 0.149 e. The molecule has 1 aliphatic carbocycles. The SMILES string of the molecule is CCC1(C)CCN(C2CCCC2=O)CC1. The summed E-state index contributed by atoms with van der Waals surface area (Å²) < 4.78 is 0. The highest BCUT2D eigenvalue weighted by atomic mass is 16.1. The number of carbonyl (C=O) groups excluding carboxylic acids is 1. The monoisotopic (exact) mass is 209 g/mol. The van der Waals surface area contributed by atoms with Crippen LogP contribution >= 0.6 is 0 Å². The van der Waals surface area contributed by atoms with Crippen LogP contribution in [-0.2, 0) is 4.79 Å². The lowest BCUT2D eigenvalue weighted by Gasteiger charge is -2.41. The molecule has 86 valence electrons. The van der Waals surface area contributed by atoms with Gasteiger partial charge in [0, 0.05) is 6.42 Å².